The van der Waals surface area contributed by atoms with Crippen LogP contribution in [0.3, 0.4) is 0 Å². The summed E-state index contributed by atoms with van der Waals surface area (Å²) in [5.41, 5.74) is -0.00258. The van der Waals surface area contributed by atoms with Gasteiger partial charge < -0.3 is 19.8 Å². The van der Waals surface area contributed by atoms with Crippen molar-refractivity contribution in [2.75, 3.05) is 13.1 Å². The van der Waals surface area contributed by atoms with E-state index in [9.17, 15) is 14.4 Å². The Bertz CT molecular complexity index is 800. The first-order valence-corrected chi connectivity index (χ1v) is 7.91. The van der Waals surface area contributed by atoms with Crippen LogP contribution < -0.4 is 10.6 Å². The molecule has 2 N–H and O–H groups in total. The minimum Gasteiger partial charge on any atom is -0.459 e. The van der Waals surface area contributed by atoms with Crippen molar-refractivity contribution in [2.24, 2.45) is 0 Å². The largest absolute Gasteiger partial charge is 0.459 e. The summed E-state index contributed by atoms with van der Waals surface area (Å²) in [5.74, 6) is -1.06. The Labute approximate surface area is 144 Å². The molecule has 1 unspecified atom stereocenters. The van der Waals surface area contributed by atoms with Gasteiger partial charge in [0.05, 0.1) is 11.8 Å². The summed E-state index contributed by atoms with van der Waals surface area (Å²) < 4.78 is 10.3. The van der Waals surface area contributed by atoms with E-state index in [0.717, 1.165) is 5.56 Å². The summed E-state index contributed by atoms with van der Waals surface area (Å²) in [6.07, 6.45) is 1.71. The SMILES string of the molecule is CC1(C(=O)NCCNC(=O)c2ccco2)Cc2ccccc2C(=O)O1. The lowest BCUT2D eigenvalue weighted by molar-refractivity contribution is -0.139. The van der Waals surface area contributed by atoms with Crippen LogP contribution in [0.15, 0.2) is 47.1 Å². The van der Waals surface area contributed by atoms with Gasteiger partial charge in [-0.3, -0.25) is 9.59 Å². The molecule has 0 saturated heterocycles. The number of amides is 2. The zero-order valence-electron chi connectivity index (χ0n) is 13.7. The number of ether oxygens (including phenoxy) is 1. The van der Waals surface area contributed by atoms with Gasteiger partial charge in [0.15, 0.2) is 11.4 Å². The van der Waals surface area contributed by atoms with Crippen molar-refractivity contribution < 1.29 is 23.5 Å². The zero-order chi connectivity index (χ0) is 17.9. The summed E-state index contributed by atoms with van der Waals surface area (Å²) in [4.78, 5) is 36.2. The molecule has 1 aliphatic rings. The summed E-state index contributed by atoms with van der Waals surface area (Å²) >= 11 is 0. The highest BCUT2D eigenvalue weighted by atomic mass is 16.6. The first-order valence-electron chi connectivity index (χ1n) is 7.91. The average Bonchev–Trinajstić information content (AvgIpc) is 3.13. The van der Waals surface area contributed by atoms with Crippen LogP contribution in [0.4, 0.5) is 0 Å². The van der Waals surface area contributed by atoms with Crippen LogP contribution in [0.2, 0.25) is 0 Å². The number of carbonyl (C=O) groups excluding carboxylic acids is 3. The van der Waals surface area contributed by atoms with Crippen LogP contribution >= 0.6 is 0 Å². The molecule has 3 rings (SSSR count). The first-order chi connectivity index (χ1) is 12.0. The summed E-state index contributed by atoms with van der Waals surface area (Å²) in [5, 5.41) is 5.31. The van der Waals surface area contributed by atoms with Crippen LogP contribution in [-0.4, -0.2) is 36.5 Å². The Morgan fingerprint density at radius 2 is 1.88 bits per heavy atom. The van der Waals surface area contributed by atoms with Crippen molar-refractivity contribution in [1.82, 2.24) is 10.6 Å². The van der Waals surface area contributed by atoms with Gasteiger partial charge in [0, 0.05) is 19.5 Å². The molecule has 2 heterocycles. The Morgan fingerprint density at radius 3 is 2.64 bits per heavy atom. The fourth-order valence-corrected chi connectivity index (χ4v) is 2.69. The number of hydrogen-bond acceptors (Lipinski definition) is 5. The van der Waals surface area contributed by atoms with E-state index in [1.54, 1.807) is 31.2 Å². The Hall–Kier alpha value is -3.09. The molecular formula is C18H18N2O5. The first kappa shape index (κ1) is 16.8. The lowest BCUT2D eigenvalue weighted by Gasteiger charge is -2.33. The highest BCUT2D eigenvalue weighted by Gasteiger charge is 2.42. The molecule has 1 atom stereocenters. The van der Waals surface area contributed by atoms with Gasteiger partial charge in [-0.1, -0.05) is 18.2 Å². The number of hydrogen-bond donors (Lipinski definition) is 2. The number of rotatable bonds is 5. The van der Waals surface area contributed by atoms with E-state index < -0.39 is 17.5 Å². The molecule has 1 aromatic heterocycles. The average molecular weight is 342 g/mol. The molecule has 0 spiro atoms. The molecule has 25 heavy (non-hydrogen) atoms. The van der Waals surface area contributed by atoms with E-state index in [1.165, 1.54) is 6.26 Å². The number of fused-ring (bicyclic) bond motifs is 1. The lowest BCUT2D eigenvalue weighted by Crippen LogP contribution is -2.52. The molecule has 7 heteroatoms. The van der Waals surface area contributed by atoms with E-state index >= 15 is 0 Å². The molecule has 0 radical (unpaired) electrons. The number of benzene rings is 1. The Kier molecular flexibility index (Phi) is 4.56. The quantitative estimate of drug-likeness (QED) is 0.630. The lowest BCUT2D eigenvalue weighted by atomic mass is 9.89. The Balaban J connectivity index is 1.53. The van der Waals surface area contributed by atoms with Crippen LogP contribution in [0.5, 0.6) is 0 Å². The highest BCUT2D eigenvalue weighted by molar-refractivity contribution is 5.97. The normalized spacial score (nSPS) is 18.8. The molecule has 0 fully saturated rings. The molecule has 2 amide bonds. The predicted molar refractivity (Wildman–Crippen MR) is 88.0 cm³/mol. The smallest absolute Gasteiger partial charge is 0.339 e. The maximum atomic E-state index is 12.4. The number of cyclic esters (lactones) is 1. The minimum atomic E-state index is -1.27. The molecule has 7 nitrogen and oxygen atoms in total. The van der Waals surface area contributed by atoms with Crippen LogP contribution in [0.25, 0.3) is 0 Å². The van der Waals surface area contributed by atoms with Gasteiger partial charge in [0.2, 0.25) is 0 Å². The van der Waals surface area contributed by atoms with Gasteiger partial charge >= 0.3 is 5.97 Å². The standard InChI is InChI=1S/C18H18N2O5/c1-18(11-12-5-2-3-6-13(12)16(22)25-18)17(23)20-9-8-19-15(21)14-7-4-10-24-14/h2-7,10H,8-9,11H2,1H3,(H,19,21)(H,20,23). The fourth-order valence-electron chi connectivity index (χ4n) is 2.69. The third-order valence-corrected chi connectivity index (χ3v) is 4.00. The van der Waals surface area contributed by atoms with Crippen LogP contribution in [0, 0.1) is 0 Å². The second-order valence-corrected chi connectivity index (χ2v) is 5.94. The van der Waals surface area contributed by atoms with E-state index in [0.29, 0.717) is 12.0 Å². The summed E-state index contributed by atoms with van der Waals surface area (Å²) in [7, 11) is 0. The van der Waals surface area contributed by atoms with Gasteiger partial charge in [0.1, 0.15) is 0 Å². The maximum Gasteiger partial charge on any atom is 0.339 e. The molecule has 0 bridgehead atoms. The van der Waals surface area contributed by atoms with Crippen LogP contribution in [0.1, 0.15) is 33.4 Å². The van der Waals surface area contributed by atoms with Gasteiger partial charge in [-0.2, -0.15) is 0 Å². The monoisotopic (exact) mass is 342 g/mol. The Morgan fingerprint density at radius 1 is 1.12 bits per heavy atom. The molecule has 0 saturated carbocycles. The second kappa shape index (κ2) is 6.80. The number of esters is 1. The van der Waals surface area contributed by atoms with Crippen molar-refractivity contribution >= 4 is 17.8 Å². The number of furan rings is 1. The molecular weight excluding hydrogens is 324 g/mol. The molecule has 1 aliphatic heterocycles. The molecule has 0 aliphatic carbocycles. The third-order valence-electron chi connectivity index (χ3n) is 4.00. The maximum absolute atomic E-state index is 12.4. The zero-order valence-corrected chi connectivity index (χ0v) is 13.7. The fraction of sp³-hybridized carbons (Fsp3) is 0.278. The van der Waals surface area contributed by atoms with Crippen molar-refractivity contribution in [3.05, 3.63) is 59.5 Å². The van der Waals surface area contributed by atoms with E-state index in [1.807, 2.05) is 12.1 Å². The predicted octanol–water partition coefficient (Wildman–Crippen LogP) is 1.30. The minimum absolute atomic E-state index is 0.205. The van der Waals surface area contributed by atoms with E-state index in [4.69, 9.17) is 9.15 Å². The second-order valence-electron chi connectivity index (χ2n) is 5.94. The summed E-state index contributed by atoms with van der Waals surface area (Å²) in [6.45, 7) is 2.02. The van der Waals surface area contributed by atoms with Crippen molar-refractivity contribution in [3.63, 3.8) is 0 Å². The van der Waals surface area contributed by atoms with Crippen molar-refractivity contribution in [3.8, 4) is 0 Å². The van der Waals surface area contributed by atoms with Crippen molar-refractivity contribution in [2.45, 2.75) is 18.9 Å². The molecule has 130 valence electrons. The van der Waals surface area contributed by atoms with E-state index in [2.05, 4.69) is 10.6 Å². The van der Waals surface area contributed by atoms with Gasteiger partial charge in [-0.25, -0.2) is 4.79 Å². The van der Waals surface area contributed by atoms with Gasteiger partial charge in [0.25, 0.3) is 11.8 Å². The molecule has 2 aromatic rings. The van der Waals surface area contributed by atoms with Gasteiger partial charge in [-0.15, -0.1) is 0 Å². The third kappa shape index (κ3) is 3.55. The number of nitrogens with one attached hydrogen (secondary N) is 2. The van der Waals surface area contributed by atoms with Gasteiger partial charge in [-0.05, 0) is 30.7 Å². The van der Waals surface area contributed by atoms with Crippen molar-refractivity contribution in [1.29, 1.82) is 0 Å². The summed E-state index contributed by atoms with van der Waals surface area (Å²) in [6, 6.07) is 10.2. The number of carbonyl (C=O) groups is 3. The topological polar surface area (TPSA) is 97.6 Å². The molecule has 1 aromatic carbocycles. The highest BCUT2D eigenvalue weighted by Crippen LogP contribution is 2.28. The van der Waals surface area contributed by atoms with E-state index in [-0.39, 0.29) is 24.8 Å². The van der Waals surface area contributed by atoms with Crippen LogP contribution in [-0.2, 0) is 16.0 Å².